The van der Waals surface area contributed by atoms with Crippen molar-refractivity contribution < 1.29 is 22.0 Å². The molecule has 5 nitrogen and oxygen atoms in total. The molecule has 19 heavy (non-hydrogen) atoms. The van der Waals surface area contributed by atoms with Crippen molar-refractivity contribution in [1.29, 1.82) is 0 Å². The summed E-state index contributed by atoms with van der Waals surface area (Å²) in [6.45, 7) is 0. The van der Waals surface area contributed by atoms with Gasteiger partial charge in [0.15, 0.2) is 5.76 Å². The Morgan fingerprint density at radius 3 is 2.53 bits per heavy atom. The van der Waals surface area contributed by atoms with Crippen molar-refractivity contribution in [3.05, 3.63) is 48.0 Å². The van der Waals surface area contributed by atoms with Crippen molar-refractivity contribution >= 4 is 15.9 Å². The molecule has 1 heterocycles. The largest absolute Gasteiger partial charge is 0.451 e. The van der Waals surface area contributed by atoms with Crippen LogP contribution in [0.1, 0.15) is 10.6 Å². The molecule has 0 saturated carbocycles. The van der Waals surface area contributed by atoms with Gasteiger partial charge in [0.1, 0.15) is 11.6 Å². The van der Waals surface area contributed by atoms with Gasteiger partial charge in [-0.1, -0.05) is 12.1 Å². The van der Waals surface area contributed by atoms with Gasteiger partial charge in [0.25, 0.3) is 5.91 Å². The highest BCUT2D eigenvalue weighted by Crippen LogP contribution is 2.24. The van der Waals surface area contributed by atoms with Crippen LogP contribution >= 0.6 is 0 Å². The Labute approximate surface area is 109 Å². The highest BCUT2D eigenvalue weighted by molar-refractivity contribution is 7.89. The molecular weight excluding hydrogens is 273 g/mol. The highest BCUT2D eigenvalue weighted by Gasteiger charge is 2.16. The lowest BCUT2D eigenvalue weighted by molar-refractivity contribution is 0.0955. The van der Waals surface area contributed by atoms with E-state index in [-0.39, 0.29) is 17.1 Å². The number of amides is 1. The van der Waals surface area contributed by atoms with Gasteiger partial charge in [-0.25, -0.2) is 17.5 Å². The van der Waals surface area contributed by atoms with Crippen molar-refractivity contribution in [1.82, 2.24) is 4.72 Å². The SMILES string of the molecule is CS(=O)(=O)NC(=O)c1ccc(-c2ccccc2F)o1. The molecule has 100 valence electrons. The smallest absolute Gasteiger partial charge is 0.300 e. The van der Waals surface area contributed by atoms with E-state index in [1.165, 1.54) is 30.3 Å². The van der Waals surface area contributed by atoms with E-state index in [9.17, 15) is 17.6 Å². The normalized spacial score (nSPS) is 11.3. The Balaban J connectivity index is 2.30. The van der Waals surface area contributed by atoms with Gasteiger partial charge in [-0.15, -0.1) is 0 Å². The first-order chi connectivity index (χ1) is 8.87. The number of hydrogen-bond donors (Lipinski definition) is 1. The minimum absolute atomic E-state index is 0.150. The van der Waals surface area contributed by atoms with Crippen LogP contribution < -0.4 is 4.72 Å². The standard InChI is InChI=1S/C12H10FNO4S/c1-19(16,17)14-12(15)11-7-6-10(18-11)8-4-2-3-5-9(8)13/h2-7H,1H3,(H,14,15). The number of carbonyl (C=O) groups excluding carboxylic acids is 1. The van der Waals surface area contributed by atoms with E-state index in [1.807, 2.05) is 0 Å². The molecule has 0 bridgehead atoms. The number of halogens is 1. The third-order valence-electron chi connectivity index (χ3n) is 2.25. The Hall–Kier alpha value is -2.15. The molecule has 0 aliphatic carbocycles. The molecule has 0 aliphatic heterocycles. The second-order valence-corrected chi connectivity index (χ2v) is 5.60. The summed E-state index contributed by atoms with van der Waals surface area (Å²) >= 11 is 0. The molecule has 1 aromatic heterocycles. The maximum absolute atomic E-state index is 13.5. The molecule has 2 rings (SSSR count). The van der Waals surface area contributed by atoms with E-state index in [4.69, 9.17) is 4.42 Å². The van der Waals surface area contributed by atoms with Gasteiger partial charge in [-0.05, 0) is 24.3 Å². The summed E-state index contributed by atoms with van der Waals surface area (Å²) in [6, 6.07) is 8.58. The Morgan fingerprint density at radius 1 is 1.21 bits per heavy atom. The first-order valence-corrected chi connectivity index (χ1v) is 7.13. The average molecular weight is 283 g/mol. The molecule has 0 saturated heterocycles. The van der Waals surface area contributed by atoms with Crippen LogP contribution in [0, 0.1) is 5.82 Å². The van der Waals surface area contributed by atoms with Gasteiger partial charge in [0.05, 0.1) is 11.8 Å². The molecule has 0 atom stereocenters. The van der Waals surface area contributed by atoms with E-state index < -0.39 is 21.7 Å². The van der Waals surface area contributed by atoms with Gasteiger partial charge in [-0.3, -0.25) is 4.79 Å². The first kappa shape index (κ1) is 13.3. The fourth-order valence-electron chi connectivity index (χ4n) is 1.48. The molecule has 0 radical (unpaired) electrons. The Kier molecular flexibility index (Phi) is 3.39. The van der Waals surface area contributed by atoms with E-state index in [0.717, 1.165) is 6.26 Å². The topological polar surface area (TPSA) is 76.4 Å². The van der Waals surface area contributed by atoms with Crippen LogP contribution in [0.4, 0.5) is 4.39 Å². The number of furan rings is 1. The Morgan fingerprint density at radius 2 is 1.89 bits per heavy atom. The number of benzene rings is 1. The molecule has 7 heteroatoms. The second kappa shape index (κ2) is 4.85. The molecule has 1 aromatic carbocycles. The monoisotopic (exact) mass is 283 g/mol. The van der Waals surface area contributed by atoms with Crippen molar-refractivity contribution in [3.63, 3.8) is 0 Å². The lowest BCUT2D eigenvalue weighted by Crippen LogP contribution is -2.28. The summed E-state index contributed by atoms with van der Waals surface area (Å²) in [5, 5.41) is 0. The number of nitrogens with one attached hydrogen (secondary N) is 1. The summed E-state index contributed by atoms with van der Waals surface area (Å²) in [5.41, 5.74) is 0.195. The molecule has 2 aromatic rings. The lowest BCUT2D eigenvalue weighted by Gasteiger charge is -2.00. The van der Waals surface area contributed by atoms with Crippen LogP contribution in [-0.4, -0.2) is 20.6 Å². The maximum Gasteiger partial charge on any atom is 0.300 e. The predicted molar refractivity (Wildman–Crippen MR) is 66.4 cm³/mol. The van der Waals surface area contributed by atoms with E-state index in [0.29, 0.717) is 0 Å². The summed E-state index contributed by atoms with van der Waals surface area (Å²) in [7, 11) is -3.67. The quantitative estimate of drug-likeness (QED) is 0.931. The van der Waals surface area contributed by atoms with Crippen LogP contribution in [-0.2, 0) is 10.0 Å². The lowest BCUT2D eigenvalue weighted by atomic mass is 10.1. The summed E-state index contributed by atoms with van der Waals surface area (Å²) < 4.78 is 42.2. The number of rotatable bonds is 3. The van der Waals surface area contributed by atoms with Crippen molar-refractivity contribution in [2.45, 2.75) is 0 Å². The number of sulfonamides is 1. The van der Waals surface area contributed by atoms with Gasteiger partial charge in [-0.2, -0.15) is 0 Å². The third kappa shape index (κ3) is 3.19. The minimum Gasteiger partial charge on any atom is -0.451 e. The summed E-state index contributed by atoms with van der Waals surface area (Å²) in [6.07, 6.45) is 0.853. The van der Waals surface area contributed by atoms with Gasteiger partial charge in [0, 0.05) is 0 Å². The first-order valence-electron chi connectivity index (χ1n) is 5.24. The van der Waals surface area contributed by atoms with Gasteiger partial charge < -0.3 is 4.42 Å². The average Bonchev–Trinajstić information content (AvgIpc) is 2.76. The zero-order valence-electron chi connectivity index (χ0n) is 9.88. The highest BCUT2D eigenvalue weighted by atomic mass is 32.2. The Bertz CT molecular complexity index is 721. The van der Waals surface area contributed by atoms with Crippen molar-refractivity contribution in [3.8, 4) is 11.3 Å². The fraction of sp³-hybridized carbons (Fsp3) is 0.0833. The summed E-state index contributed by atoms with van der Waals surface area (Å²) in [5.74, 6) is -1.45. The van der Waals surface area contributed by atoms with Crippen molar-refractivity contribution in [2.75, 3.05) is 6.26 Å². The zero-order chi connectivity index (χ0) is 14.0. The zero-order valence-corrected chi connectivity index (χ0v) is 10.7. The molecule has 1 N–H and O–H groups in total. The molecular formula is C12H10FNO4S. The third-order valence-corrected chi connectivity index (χ3v) is 2.80. The fourth-order valence-corrected chi connectivity index (χ4v) is 1.92. The number of carbonyl (C=O) groups is 1. The molecule has 0 fully saturated rings. The molecule has 0 spiro atoms. The summed E-state index contributed by atoms with van der Waals surface area (Å²) in [4.78, 5) is 11.5. The van der Waals surface area contributed by atoms with Crippen molar-refractivity contribution in [2.24, 2.45) is 0 Å². The second-order valence-electron chi connectivity index (χ2n) is 3.85. The van der Waals surface area contributed by atoms with Crippen LogP contribution in [0.3, 0.4) is 0 Å². The van der Waals surface area contributed by atoms with E-state index in [1.54, 1.807) is 10.8 Å². The van der Waals surface area contributed by atoms with E-state index >= 15 is 0 Å². The molecule has 1 amide bonds. The molecule has 0 unspecified atom stereocenters. The van der Waals surface area contributed by atoms with Crippen LogP contribution in [0.5, 0.6) is 0 Å². The number of hydrogen-bond acceptors (Lipinski definition) is 4. The van der Waals surface area contributed by atoms with Crippen LogP contribution in [0.25, 0.3) is 11.3 Å². The molecule has 0 aliphatic rings. The van der Waals surface area contributed by atoms with Gasteiger partial charge >= 0.3 is 0 Å². The van der Waals surface area contributed by atoms with Crippen LogP contribution in [0.15, 0.2) is 40.8 Å². The predicted octanol–water partition coefficient (Wildman–Crippen LogP) is 1.78. The van der Waals surface area contributed by atoms with E-state index in [2.05, 4.69) is 0 Å². The van der Waals surface area contributed by atoms with Gasteiger partial charge in [0.2, 0.25) is 10.0 Å². The maximum atomic E-state index is 13.5. The van der Waals surface area contributed by atoms with Crippen LogP contribution in [0.2, 0.25) is 0 Å². The minimum atomic E-state index is -3.67.